The highest BCUT2D eigenvalue weighted by Crippen LogP contribution is 2.22. The van der Waals surface area contributed by atoms with E-state index in [2.05, 4.69) is 9.97 Å². The van der Waals surface area contributed by atoms with Gasteiger partial charge in [0.2, 0.25) is 0 Å². The zero-order valence-electron chi connectivity index (χ0n) is 9.55. The lowest BCUT2D eigenvalue weighted by Gasteiger charge is -1.90. The molecule has 0 atom stereocenters. The molecule has 2 heterocycles. The maximum Gasteiger partial charge on any atom is 0.417 e. The Labute approximate surface area is 92.3 Å². The van der Waals surface area contributed by atoms with Crippen LogP contribution in [-0.4, -0.2) is 9.97 Å². The normalized spacial score (nSPS) is 10.4. The number of fused-ring (bicyclic) bond motifs is 2. The van der Waals surface area contributed by atoms with E-state index in [-0.39, 0.29) is 0 Å². The number of rotatable bonds is 0. The highest BCUT2D eigenvalue weighted by molar-refractivity contribution is 5.94. The van der Waals surface area contributed by atoms with Crippen molar-refractivity contribution in [3.05, 3.63) is 34.4 Å². The van der Waals surface area contributed by atoms with E-state index in [0.717, 1.165) is 22.0 Å². The molecule has 0 amide bonds. The molecule has 4 heteroatoms. The van der Waals surface area contributed by atoms with Crippen molar-refractivity contribution in [3.63, 3.8) is 0 Å². The summed E-state index contributed by atoms with van der Waals surface area (Å²) in [5.41, 5.74) is 3.48. The summed E-state index contributed by atoms with van der Waals surface area (Å²) in [4.78, 5) is 16.7. The molecule has 0 unspecified atom stereocenters. The standard InChI is InChI=1S/C10H8N2O2.C2H6/c1-5-4-11-7-3-8-9(2-6(5)7)14-10(13)12-8;1-2/h2-4,11H,1H3,(H,12,13);1-2H3. The van der Waals surface area contributed by atoms with Gasteiger partial charge in [0.15, 0.2) is 5.58 Å². The van der Waals surface area contributed by atoms with E-state index in [1.165, 1.54) is 0 Å². The van der Waals surface area contributed by atoms with Crippen LogP contribution in [0.4, 0.5) is 0 Å². The molecule has 0 aliphatic rings. The highest BCUT2D eigenvalue weighted by atomic mass is 16.4. The first-order chi connectivity index (χ1) is 7.74. The third-order valence-corrected chi connectivity index (χ3v) is 2.43. The summed E-state index contributed by atoms with van der Waals surface area (Å²) in [6.07, 6.45) is 1.93. The number of hydrogen-bond acceptors (Lipinski definition) is 2. The molecule has 0 spiro atoms. The molecule has 2 N–H and O–H groups in total. The molecule has 1 aromatic carbocycles. The predicted octanol–water partition coefficient (Wildman–Crippen LogP) is 2.94. The van der Waals surface area contributed by atoms with E-state index >= 15 is 0 Å². The molecule has 0 radical (unpaired) electrons. The topological polar surface area (TPSA) is 61.8 Å². The zero-order valence-corrected chi connectivity index (χ0v) is 9.55. The zero-order chi connectivity index (χ0) is 11.7. The molecule has 3 rings (SSSR count). The van der Waals surface area contributed by atoms with Crippen molar-refractivity contribution >= 4 is 22.0 Å². The molecule has 0 saturated heterocycles. The second kappa shape index (κ2) is 3.89. The minimum absolute atomic E-state index is 0.412. The van der Waals surface area contributed by atoms with Crippen molar-refractivity contribution in [2.24, 2.45) is 0 Å². The molecule has 0 bridgehead atoms. The van der Waals surface area contributed by atoms with Crippen LogP contribution in [0.1, 0.15) is 19.4 Å². The lowest BCUT2D eigenvalue weighted by Crippen LogP contribution is -1.92. The van der Waals surface area contributed by atoms with Gasteiger partial charge in [-0.2, -0.15) is 0 Å². The van der Waals surface area contributed by atoms with Crippen molar-refractivity contribution in [2.75, 3.05) is 0 Å². The summed E-state index contributed by atoms with van der Waals surface area (Å²) in [7, 11) is 0. The first-order valence-electron chi connectivity index (χ1n) is 5.34. The minimum atomic E-state index is -0.412. The minimum Gasteiger partial charge on any atom is -0.408 e. The summed E-state index contributed by atoms with van der Waals surface area (Å²) in [6.45, 7) is 6.01. The van der Waals surface area contributed by atoms with Crippen molar-refractivity contribution in [1.29, 1.82) is 0 Å². The van der Waals surface area contributed by atoms with E-state index in [0.29, 0.717) is 5.58 Å². The van der Waals surface area contributed by atoms with Gasteiger partial charge in [0.1, 0.15) is 0 Å². The van der Waals surface area contributed by atoms with Crippen LogP contribution in [0.3, 0.4) is 0 Å². The van der Waals surface area contributed by atoms with E-state index in [9.17, 15) is 4.79 Å². The van der Waals surface area contributed by atoms with Gasteiger partial charge < -0.3 is 9.40 Å². The average molecular weight is 218 g/mol. The van der Waals surface area contributed by atoms with Crippen molar-refractivity contribution in [1.82, 2.24) is 9.97 Å². The predicted molar refractivity (Wildman–Crippen MR) is 64.8 cm³/mol. The SMILES string of the molecule is CC.Cc1c[nH]c2cc3[nH]c(=O)oc3cc12. The average Bonchev–Trinajstić information content (AvgIpc) is 2.81. The largest absolute Gasteiger partial charge is 0.417 e. The Morgan fingerprint density at radius 1 is 1.19 bits per heavy atom. The summed E-state index contributed by atoms with van der Waals surface area (Å²) in [5.74, 6) is -0.412. The number of aromatic amines is 2. The monoisotopic (exact) mass is 218 g/mol. The van der Waals surface area contributed by atoms with Gasteiger partial charge >= 0.3 is 5.76 Å². The van der Waals surface area contributed by atoms with E-state index < -0.39 is 5.76 Å². The summed E-state index contributed by atoms with van der Waals surface area (Å²) < 4.78 is 4.98. The summed E-state index contributed by atoms with van der Waals surface area (Å²) in [5, 5.41) is 1.08. The van der Waals surface area contributed by atoms with Gasteiger partial charge in [0, 0.05) is 17.1 Å². The Balaban J connectivity index is 0.000000457. The molecule has 4 nitrogen and oxygen atoms in total. The molecule has 0 saturated carbocycles. The number of aryl methyl sites for hydroxylation is 1. The Hall–Kier alpha value is -1.97. The van der Waals surface area contributed by atoms with Gasteiger partial charge in [-0.25, -0.2) is 4.79 Å². The lowest BCUT2D eigenvalue weighted by molar-refractivity contribution is 0.555. The van der Waals surface area contributed by atoms with Crippen LogP contribution in [0.2, 0.25) is 0 Å². The first-order valence-corrected chi connectivity index (χ1v) is 5.34. The number of oxazole rings is 1. The van der Waals surface area contributed by atoms with Gasteiger partial charge in [0.05, 0.1) is 5.52 Å². The van der Waals surface area contributed by atoms with Crippen LogP contribution < -0.4 is 5.76 Å². The number of benzene rings is 1. The van der Waals surface area contributed by atoms with Gasteiger partial charge in [-0.1, -0.05) is 13.8 Å². The smallest absolute Gasteiger partial charge is 0.408 e. The summed E-state index contributed by atoms with van der Waals surface area (Å²) in [6, 6.07) is 3.75. The van der Waals surface area contributed by atoms with Gasteiger partial charge in [-0.15, -0.1) is 0 Å². The van der Waals surface area contributed by atoms with E-state index in [4.69, 9.17) is 4.42 Å². The number of hydrogen-bond donors (Lipinski definition) is 2. The molecule has 0 aliphatic heterocycles. The summed E-state index contributed by atoms with van der Waals surface area (Å²) >= 11 is 0. The van der Waals surface area contributed by atoms with Crippen LogP contribution in [0.5, 0.6) is 0 Å². The fourth-order valence-electron chi connectivity index (χ4n) is 1.71. The Morgan fingerprint density at radius 3 is 2.69 bits per heavy atom. The van der Waals surface area contributed by atoms with Crippen molar-refractivity contribution in [2.45, 2.75) is 20.8 Å². The second-order valence-corrected chi connectivity index (χ2v) is 3.38. The molecule has 2 aromatic heterocycles. The van der Waals surface area contributed by atoms with Gasteiger partial charge in [0.25, 0.3) is 0 Å². The molecular formula is C12H14N2O2. The molecule has 3 aromatic rings. The maximum atomic E-state index is 10.9. The van der Waals surface area contributed by atoms with E-state index in [1.807, 2.05) is 39.1 Å². The van der Waals surface area contributed by atoms with Crippen LogP contribution in [0.25, 0.3) is 22.0 Å². The van der Waals surface area contributed by atoms with Crippen LogP contribution in [0.15, 0.2) is 27.5 Å². The lowest BCUT2D eigenvalue weighted by atomic mass is 10.2. The Kier molecular flexibility index (Phi) is 2.56. The first kappa shape index (κ1) is 10.5. The Morgan fingerprint density at radius 2 is 1.94 bits per heavy atom. The van der Waals surface area contributed by atoms with E-state index in [1.54, 1.807) is 0 Å². The molecule has 16 heavy (non-hydrogen) atoms. The Bertz CT molecular complexity index is 673. The number of nitrogens with one attached hydrogen (secondary N) is 2. The number of aromatic nitrogens is 2. The van der Waals surface area contributed by atoms with Crippen molar-refractivity contribution in [3.8, 4) is 0 Å². The fraction of sp³-hybridized carbons (Fsp3) is 0.250. The maximum absolute atomic E-state index is 10.9. The van der Waals surface area contributed by atoms with Crippen LogP contribution in [0, 0.1) is 6.92 Å². The van der Waals surface area contributed by atoms with Gasteiger partial charge in [-0.3, -0.25) is 4.98 Å². The van der Waals surface area contributed by atoms with Crippen LogP contribution >= 0.6 is 0 Å². The fourth-order valence-corrected chi connectivity index (χ4v) is 1.71. The van der Waals surface area contributed by atoms with Crippen molar-refractivity contribution < 1.29 is 4.42 Å². The number of H-pyrrole nitrogens is 2. The molecular weight excluding hydrogens is 204 g/mol. The molecule has 0 fully saturated rings. The highest BCUT2D eigenvalue weighted by Gasteiger charge is 2.05. The third-order valence-electron chi connectivity index (χ3n) is 2.43. The molecule has 0 aliphatic carbocycles. The van der Waals surface area contributed by atoms with Crippen LogP contribution in [-0.2, 0) is 0 Å². The second-order valence-electron chi connectivity index (χ2n) is 3.38. The third kappa shape index (κ3) is 1.52. The van der Waals surface area contributed by atoms with Gasteiger partial charge in [-0.05, 0) is 24.6 Å². The molecule has 84 valence electrons. The quantitative estimate of drug-likeness (QED) is 0.609.